The van der Waals surface area contributed by atoms with Crippen LogP contribution < -0.4 is 5.32 Å². The molecule has 4 rings (SSSR count). The van der Waals surface area contributed by atoms with E-state index in [4.69, 9.17) is 4.78 Å². The molecular weight excluding hydrogens is 480 g/mol. The molecule has 0 aliphatic carbocycles. The number of thioether (sulfide) groups is 1. The Bertz CT molecular complexity index is 1370. The maximum atomic E-state index is 12.5. The van der Waals surface area contributed by atoms with Gasteiger partial charge in [-0.1, -0.05) is 35.2 Å². The fraction of sp³-hybridized carbons (Fsp3) is 0.200. The lowest BCUT2D eigenvalue weighted by atomic mass is 10.2. The Kier molecular flexibility index (Phi) is 6.81. The van der Waals surface area contributed by atoms with Crippen LogP contribution in [0, 0.1) is 4.78 Å². The molecule has 2 N–H and O–H groups in total. The molecular formula is C20H20N8O2S3. The molecule has 3 aromatic heterocycles. The van der Waals surface area contributed by atoms with Gasteiger partial charge in [0, 0.05) is 41.2 Å². The summed E-state index contributed by atoms with van der Waals surface area (Å²) >= 11 is 2.53. The zero-order valence-corrected chi connectivity index (χ0v) is 20.2. The minimum atomic E-state index is -2.77. The van der Waals surface area contributed by atoms with Gasteiger partial charge < -0.3 is 4.57 Å². The molecule has 10 nitrogen and oxygen atoms in total. The van der Waals surface area contributed by atoms with E-state index in [9.17, 15) is 9.00 Å². The molecule has 170 valence electrons. The summed E-state index contributed by atoms with van der Waals surface area (Å²) in [6, 6.07) is 10.5. The quantitative estimate of drug-likeness (QED) is 0.350. The van der Waals surface area contributed by atoms with E-state index in [0.29, 0.717) is 26.7 Å². The number of benzene rings is 1. The van der Waals surface area contributed by atoms with Gasteiger partial charge in [-0.15, -0.1) is 20.4 Å². The van der Waals surface area contributed by atoms with Crippen molar-refractivity contribution in [2.24, 2.45) is 0 Å². The van der Waals surface area contributed by atoms with Gasteiger partial charge in [-0.2, -0.15) is 0 Å². The van der Waals surface area contributed by atoms with E-state index in [1.165, 1.54) is 29.4 Å². The van der Waals surface area contributed by atoms with Crippen LogP contribution in [0.5, 0.6) is 0 Å². The average Bonchev–Trinajstić information content (AvgIpc) is 3.44. The third-order valence-corrected chi connectivity index (χ3v) is 7.55. The van der Waals surface area contributed by atoms with Crippen LogP contribution in [0.2, 0.25) is 0 Å². The van der Waals surface area contributed by atoms with Crippen molar-refractivity contribution in [2.75, 3.05) is 17.3 Å². The third-order valence-electron chi connectivity index (χ3n) is 4.53. The van der Waals surface area contributed by atoms with Gasteiger partial charge in [0.25, 0.3) is 0 Å². The summed E-state index contributed by atoms with van der Waals surface area (Å²) in [5, 5.41) is 21.0. The zero-order chi connectivity index (χ0) is 23.4. The Morgan fingerprint density at radius 2 is 1.82 bits per heavy atom. The van der Waals surface area contributed by atoms with E-state index in [2.05, 4.69) is 30.7 Å². The number of pyridine rings is 1. The number of hydrogen-bond donors (Lipinski definition) is 2. The molecule has 0 bridgehead atoms. The van der Waals surface area contributed by atoms with Gasteiger partial charge in [-0.3, -0.25) is 15.1 Å². The molecule has 0 saturated carbocycles. The molecule has 0 spiro atoms. The summed E-state index contributed by atoms with van der Waals surface area (Å²) in [5.74, 6) is 0.646. The van der Waals surface area contributed by atoms with Gasteiger partial charge in [0.15, 0.2) is 11.0 Å². The lowest BCUT2D eigenvalue weighted by Gasteiger charge is -2.07. The minimum absolute atomic E-state index is 0.145. The van der Waals surface area contributed by atoms with Crippen molar-refractivity contribution in [1.82, 2.24) is 29.9 Å². The molecule has 1 aromatic carbocycles. The standard InChI is InChI=1S/C20H20N8O2S3/c1-3-28-17(13-8-10-22-11-9-13)24-27-20(28)31-12-16(29)23-19-26-25-18(32-19)14-4-6-15(7-5-14)33(2,21)30/h4-11,21H,3,12H2,1-2H3,(H,23,26,29). The third kappa shape index (κ3) is 5.43. The Morgan fingerprint density at radius 3 is 2.48 bits per heavy atom. The van der Waals surface area contributed by atoms with Crippen molar-refractivity contribution in [1.29, 1.82) is 4.78 Å². The van der Waals surface area contributed by atoms with Crippen LogP contribution in [0.1, 0.15) is 6.92 Å². The van der Waals surface area contributed by atoms with Crippen LogP contribution >= 0.6 is 23.1 Å². The number of hydrogen-bond acceptors (Lipinski definition) is 10. The number of nitrogens with zero attached hydrogens (tertiary/aromatic N) is 6. The van der Waals surface area contributed by atoms with Crippen molar-refractivity contribution in [3.63, 3.8) is 0 Å². The summed E-state index contributed by atoms with van der Waals surface area (Å²) < 4.78 is 21.4. The van der Waals surface area contributed by atoms with Gasteiger partial charge >= 0.3 is 0 Å². The van der Waals surface area contributed by atoms with Crippen LogP contribution in [0.4, 0.5) is 5.13 Å². The highest BCUT2D eigenvalue weighted by Crippen LogP contribution is 2.28. The second-order valence-electron chi connectivity index (χ2n) is 6.90. The first-order valence-corrected chi connectivity index (χ1v) is 13.6. The first-order valence-electron chi connectivity index (χ1n) is 9.79. The van der Waals surface area contributed by atoms with Gasteiger partial charge in [-0.25, -0.2) is 8.99 Å². The maximum absolute atomic E-state index is 12.5. The lowest BCUT2D eigenvalue weighted by Crippen LogP contribution is -2.14. The molecule has 0 fully saturated rings. The Balaban J connectivity index is 1.39. The van der Waals surface area contributed by atoms with Crippen molar-refractivity contribution >= 4 is 43.9 Å². The fourth-order valence-electron chi connectivity index (χ4n) is 2.93. The molecule has 0 radical (unpaired) electrons. The van der Waals surface area contributed by atoms with E-state index in [0.717, 1.165) is 17.0 Å². The first-order chi connectivity index (χ1) is 15.8. The van der Waals surface area contributed by atoms with Crippen molar-refractivity contribution < 1.29 is 9.00 Å². The van der Waals surface area contributed by atoms with E-state index in [1.807, 2.05) is 23.6 Å². The van der Waals surface area contributed by atoms with Gasteiger partial charge in [-0.05, 0) is 31.2 Å². The molecule has 0 aliphatic heterocycles. The van der Waals surface area contributed by atoms with Crippen LogP contribution in [0.3, 0.4) is 0 Å². The zero-order valence-electron chi connectivity index (χ0n) is 17.8. The normalized spacial score (nSPS) is 12.9. The maximum Gasteiger partial charge on any atom is 0.236 e. The molecule has 1 amide bonds. The highest BCUT2D eigenvalue weighted by Gasteiger charge is 2.16. The highest BCUT2D eigenvalue weighted by molar-refractivity contribution is 7.99. The minimum Gasteiger partial charge on any atom is -0.302 e. The average molecular weight is 501 g/mol. The number of carbonyl (C=O) groups is 1. The van der Waals surface area contributed by atoms with Crippen LogP contribution in [-0.2, 0) is 21.1 Å². The molecule has 1 unspecified atom stereocenters. The predicted molar refractivity (Wildman–Crippen MR) is 129 cm³/mol. The monoisotopic (exact) mass is 500 g/mol. The number of rotatable bonds is 8. The summed E-state index contributed by atoms with van der Waals surface area (Å²) in [6.07, 6.45) is 4.78. The number of amides is 1. The van der Waals surface area contributed by atoms with Crippen LogP contribution in [0.15, 0.2) is 58.8 Å². The SMILES string of the molecule is CCn1c(SCC(=O)Nc2nnc(-c3ccc(S(C)(=N)=O)cc3)s2)nnc1-c1ccncc1. The molecule has 33 heavy (non-hydrogen) atoms. The largest absolute Gasteiger partial charge is 0.302 e. The summed E-state index contributed by atoms with van der Waals surface area (Å²) in [6.45, 7) is 2.66. The van der Waals surface area contributed by atoms with Crippen molar-refractivity contribution in [3.8, 4) is 22.0 Å². The van der Waals surface area contributed by atoms with E-state index in [-0.39, 0.29) is 11.7 Å². The molecule has 0 aliphatic rings. The number of anilines is 1. The summed E-state index contributed by atoms with van der Waals surface area (Å²) in [5.41, 5.74) is 1.68. The topological polar surface area (TPSA) is 139 Å². The smallest absolute Gasteiger partial charge is 0.236 e. The van der Waals surface area contributed by atoms with Crippen molar-refractivity contribution in [2.45, 2.75) is 23.5 Å². The van der Waals surface area contributed by atoms with Gasteiger partial charge in [0.05, 0.1) is 15.5 Å². The summed E-state index contributed by atoms with van der Waals surface area (Å²) in [7, 11) is -2.77. The lowest BCUT2D eigenvalue weighted by molar-refractivity contribution is -0.113. The molecule has 0 saturated heterocycles. The Labute approximate surface area is 198 Å². The Hall–Kier alpha value is -3.16. The molecule has 13 heteroatoms. The molecule has 4 aromatic rings. The second-order valence-corrected chi connectivity index (χ2v) is 11.0. The molecule has 3 heterocycles. The first kappa shape index (κ1) is 23.0. The second kappa shape index (κ2) is 9.77. The van der Waals surface area contributed by atoms with Crippen molar-refractivity contribution in [3.05, 3.63) is 48.8 Å². The van der Waals surface area contributed by atoms with Gasteiger partial charge in [0.2, 0.25) is 11.0 Å². The van der Waals surface area contributed by atoms with E-state index in [1.54, 1.807) is 36.7 Å². The van der Waals surface area contributed by atoms with Crippen LogP contribution in [-0.4, -0.2) is 52.1 Å². The van der Waals surface area contributed by atoms with Crippen LogP contribution in [0.25, 0.3) is 22.0 Å². The predicted octanol–water partition coefficient (Wildman–Crippen LogP) is 3.64. The Morgan fingerprint density at radius 1 is 1.09 bits per heavy atom. The molecule has 1 atom stereocenters. The van der Waals surface area contributed by atoms with E-state index >= 15 is 0 Å². The van der Waals surface area contributed by atoms with E-state index < -0.39 is 9.73 Å². The number of nitrogens with one attached hydrogen (secondary N) is 2. The summed E-state index contributed by atoms with van der Waals surface area (Å²) in [4.78, 5) is 16.9. The highest BCUT2D eigenvalue weighted by atomic mass is 32.2. The fourth-order valence-corrected chi connectivity index (χ4v) is 5.15. The van der Waals surface area contributed by atoms with Gasteiger partial charge in [0.1, 0.15) is 5.01 Å². The number of carbonyl (C=O) groups excluding carboxylic acids is 1. The number of aromatic nitrogens is 6.